The number of benzene rings is 7. The third-order valence-electron chi connectivity index (χ3n) is 15.2. The molecule has 1 heteroatoms. The van der Waals surface area contributed by atoms with Gasteiger partial charge in [0.25, 0.3) is 0 Å². The van der Waals surface area contributed by atoms with Gasteiger partial charge in [0.1, 0.15) is 0 Å². The molecule has 63 heavy (non-hydrogen) atoms. The summed E-state index contributed by atoms with van der Waals surface area (Å²) in [5, 5.41) is 0. The Labute approximate surface area is 374 Å². The minimum atomic E-state index is -0.0787. The Morgan fingerprint density at radius 2 is 1.03 bits per heavy atom. The first-order valence-corrected chi connectivity index (χ1v) is 22.8. The summed E-state index contributed by atoms with van der Waals surface area (Å²) in [5.41, 5.74) is 22.3. The maximum absolute atomic E-state index is 2.43. The maximum atomic E-state index is 2.43. The van der Waals surface area contributed by atoms with Crippen molar-refractivity contribution in [1.82, 2.24) is 0 Å². The van der Waals surface area contributed by atoms with Crippen LogP contribution in [0.5, 0.6) is 0 Å². The standard InChI is InChI=1S/C62H55N/c1-41-51(34-35-55-53-17-11-13-19-57(53)61(4,5)59(41)55)45-22-29-49(30-23-45)63(50-31-25-47(26-32-50)62(6)38-36-44(37-39-62)42-14-8-7-9-15-42)48-27-20-43(21-28-48)46-24-33-54-52-16-10-12-18-56(52)60(2,3)58(54)40-46/h7-38,40-41,59H,39H2,1-6H3. The fourth-order valence-electron chi connectivity index (χ4n) is 11.7. The normalized spacial score (nSPS) is 21.0. The fourth-order valence-corrected chi connectivity index (χ4v) is 11.7. The van der Waals surface area contributed by atoms with Gasteiger partial charge in [0, 0.05) is 33.8 Å². The highest BCUT2D eigenvalue weighted by Crippen LogP contribution is 2.57. The second-order valence-corrected chi connectivity index (χ2v) is 19.7. The average molecular weight is 814 g/mol. The molecule has 1 nitrogen and oxygen atoms in total. The van der Waals surface area contributed by atoms with Gasteiger partial charge in [-0.3, -0.25) is 0 Å². The largest absolute Gasteiger partial charge is 0.311 e. The Morgan fingerprint density at radius 1 is 0.476 bits per heavy atom. The molecule has 3 atom stereocenters. The second kappa shape index (κ2) is 14.7. The number of rotatable bonds is 7. The molecule has 0 amide bonds. The van der Waals surface area contributed by atoms with E-state index in [0.717, 1.165) is 23.5 Å². The molecule has 4 aliphatic carbocycles. The third kappa shape index (κ3) is 6.35. The summed E-state index contributed by atoms with van der Waals surface area (Å²) in [7, 11) is 0. The zero-order valence-electron chi connectivity index (χ0n) is 37.4. The minimum absolute atomic E-state index is 0.0374. The number of hydrogen-bond acceptors (Lipinski definition) is 1. The molecule has 4 aliphatic rings. The van der Waals surface area contributed by atoms with Gasteiger partial charge in [0.2, 0.25) is 0 Å². The van der Waals surface area contributed by atoms with E-state index in [1.54, 1.807) is 0 Å². The van der Waals surface area contributed by atoms with Crippen LogP contribution >= 0.6 is 0 Å². The number of allylic oxidation sites excluding steroid dienone is 8. The quantitative estimate of drug-likeness (QED) is 0.155. The lowest BCUT2D eigenvalue weighted by atomic mass is 9.66. The molecular weight excluding hydrogens is 759 g/mol. The molecule has 0 N–H and O–H groups in total. The van der Waals surface area contributed by atoms with Gasteiger partial charge in [-0.05, 0) is 138 Å². The van der Waals surface area contributed by atoms with E-state index in [-0.39, 0.29) is 16.2 Å². The number of nitrogens with zero attached hydrogens (tertiary/aromatic N) is 1. The highest BCUT2D eigenvalue weighted by Gasteiger charge is 2.47. The van der Waals surface area contributed by atoms with Crippen LogP contribution in [-0.2, 0) is 16.2 Å². The molecule has 0 aromatic heterocycles. The molecule has 7 aromatic rings. The first-order valence-electron chi connectivity index (χ1n) is 22.8. The zero-order chi connectivity index (χ0) is 43.1. The Kier molecular flexibility index (Phi) is 9.14. The van der Waals surface area contributed by atoms with Crippen molar-refractivity contribution in [3.63, 3.8) is 0 Å². The highest BCUT2D eigenvalue weighted by atomic mass is 15.1. The van der Waals surface area contributed by atoms with E-state index in [9.17, 15) is 0 Å². The van der Waals surface area contributed by atoms with Crippen molar-refractivity contribution in [3.8, 4) is 22.3 Å². The first-order chi connectivity index (χ1) is 30.5. The molecule has 0 saturated carbocycles. The third-order valence-corrected chi connectivity index (χ3v) is 15.2. The van der Waals surface area contributed by atoms with Crippen LogP contribution in [-0.4, -0.2) is 0 Å². The molecule has 11 rings (SSSR count). The first kappa shape index (κ1) is 39.2. The van der Waals surface area contributed by atoms with Crippen LogP contribution in [0, 0.1) is 11.8 Å². The van der Waals surface area contributed by atoms with Crippen molar-refractivity contribution in [3.05, 3.63) is 239 Å². The molecule has 0 bridgehead atoms. The van der Waals surface area contributed by atoms with Crippen LogP contribution in [0.4, 0.5) is 17.1 Å². The molecular formula is C62H55N. The summed E-state index contributed by atoms with van der Waals surface area (Å²) < 4.78 is 0. The fraction of sp³-hybridized carbons (Fsp3) is 0.194. The number of anilines is 3. The van der Waals surface area contributed by atoms with E-state index in [1.807, 2.05) is 0 Å². The molecule has 308 valence electrons. The second-order valence-electron chi connectivity index (χ2n) is 19.7. The van der Waals surface area contributed by atoms with E-state index in [4.69, 9.17) is 0 Å². The topological polar surface area (TPSA) is 3.24 Å². The van der Waals surface area contributed by atoms with Gasteiger partial charge >= 0.3 is 0 Å². The molecule has 7 aromatic carbocycles. The van der Waals surface area contributed by atoms with Crippen molar-refractivity contribution in [2.75, 3.05) is 4.90 Å². The van der Waals surface area contributed by atoms with Crippen LogP contribution in [0.25, 0.3) is 39.0 Å². The maximum Gasteiger partial charge on any atom is 0.0462 e. The van der Waals surface area contributed by atoms with Crippen LogP contribution in [0.15, 0.2) is 200 Å². The van der Waals surface area contributed by atoms with Crippen molar-refractivity contribution in [2.45, 2.75) is 64.2 Å². The number of hydrogen-bond donors (Lipinski definition) is 0. The van der Waals surface area contributed by atoms with Gasteiger partial charge in [0.15, 0.2) is 0 Å². The summed E-state index contributed by atoms with van der Waals surface area (Å²) in [6, 6.07) is 63.5. The summed E-state index contributed by atoms with van der Waals surface area (Å²) in [5.74, 6) is 0.832. The van der Waals surface area contributed by atoms with Gasteiger partial charge in [-0.25, -0.2) is 0 Å². The summed E-state index contributed by atoms with van der Waals surface area (Å²) in [4.78, 5) is 2.42. The zero-order valence-corrected chi connectivity index (χ0v) is 37.4. The van der Waals surface area contributed by atoms with Gasteiger partial charge < -0.3 is 4.90 Å². The van der Waals surface area contributed by atoms with Gasteiger partial charge in [-0.15, -0.1) is 0 Å². The molecule has 0 saturated heterocycles. The van der Waals surface area contributed by atoms with Crippen LogP contribution in [0.2, 0.25) is 0 Å². The SMILES string of the molecule is CC1C(c2ccc(N(c3ccc(-c4ccc5c(c4)C(C)(C)c4ccccc4-5)cc3)c3ccc(C4(C)C=CC(c5ccccc5)=CC4)cc3)cc2)=CC=C2c3ccccc3C(C)(C)C21. The lowest BCUT2D eigenvalue weighted by Gasteiger charge is -2.37. The Hall–Kier alpha value is -6.70. The van der Waals surface area contributed by atoms with E-state index in [2.05, 4.69) is 247 Å². The lowest BCUT2D eigenvalue weighted by molar-refractivity contribution is 0.354. The highest BCUT2D eigenvalue weighted by molar-refractivity contribution is 5.88. The van der Waals surface area contributed by atoms with Gasteiger partial charge in [-0.2, -0.15) is 0 Å². The van der Waals surface area contributed by atoms with Crippen molar-refractivity contribution in [1.29, 1.82) is 0 Å². The van der Waals surface area contributed by atoms with E-state index in [0.29, 0.717) is 11.8 Å². The van der Waals surface area contributed by atoms with Crippen molar-refractivity contribution >= 4 is 33.8 Å². The minimum Gasteiger partial charge on any atom is -0.311 e. The van der Waals surface area contributed by atoms with Crippen molar-refractivity contribution < 1.29 is 0 Å². The smallest absolute Gasteiger partial charge is 0.0462 e. The lowest BCUT2D eigenvalue weighted by Crippen LogP contribution is -2.30. The Morgan fingerprint density at radius 3 is 1.70 bits per heavy atom. The van der Waals surface area contributed by atoms with Crippen LogP contribution in [0.1, 0.15) is 86.9 Å². The Bertz CT molecular complexity index is 3020. The van der Waals surface area contributed by atoms with Gasteiger partial charge in [-0.1, -0.05) is 199 Å². The molecule has 0 radical (unpaired) electrons. The van der Waals surface area contributed by atoms with Crippen molar-refractivity contribution in [2.24, 2.45) is 11.8 Å². The molecule has 0 heterocycles. The van der Waals surface area contributed by atoms with Crippen LogP contribution in [0.3, 0.4) is 0 Å². The predicted octanol–water partition coefficient (Wildman–Crippen LogP) is 16.5. The van der Waals surface area contributed by atoms with Crippen LogP contribution < -0.4 is 4.90 Å². The van der Waals surface area contributed by atoms with E-state index >= 15 is 0 Å². The summed E-state index contributed by atoms with van der Waals surface area (Å²) in [6.07, 6.45) is 12.8. The monoisotopic (exact) mass is 813 g/mol. The summed E-state index contributed by atoms with van der Waals surface area (Å²) in [6.45, 7) is 14.4. The van der Waals surface area contributed by atoms with Gasteiger partial charge in [0.05, 0.1) is 0 Å². The van der Waals surface area contributed by atoms with E-state index in [1.165, 1.54) is 77.9 Å². The van der Waals surface area contributed by atoms with E-state index < -0.39 is 0 Å². The summed E-state index contributed by atoms with van der Waals surface area (Å²) >= 11 is 0. The Balaban J connectivity index is 0.928. The molecule has 0 spiro atoms. The average Bonchev–Trinajstić information content (AvgIpc) is 3.70. The molecule has 3 unspecified atom stereocenters. The molecule has 0 fully saturated rings. The number of fused-ring (bicyclic) bond motifs is 6. The molecule has 0 aliphatic heterocycles. The predicted molar refractivity (Wildman–Crippen MR) is 268 cm³/mol.